The molecule has 3 aromatic rings. The van der Waals surface area contributed by atoms with Gasteiger partial charge in [0.15, 0.2) is 0 Å². The van der Waals surface area contributed by atoms with Crippen molar-refractivity contribution in [3.8, 4) is 0 Å². The van der Waals surface area contributed by atoms with Gasteiger partial charge in [0, 0.05) is 21.8 Å². The second-order valence-electron chi connectivity index (χ2n) is 5.95. The van der Waals surface area contributed by atoms with Crippen LogP contribution in [0.5, 0.6) is 0 Å². The number of hydrogen-bond acceptors (Lipinski definition) is 3. The van der Waals surface area contributed by atoms with E-state index < -0.39 is 11.6 Å². The molecule has 0 atom stereocenters. The second kappa shape index (κ2) is 9.54. The summed E-state index contributed by atoms with van der Waals surface area (Å²) in [6, 6.07) is 16.2. The number of carbonyl (C=O) groups excluding carboxylic acids is 2. The van der Waals surface area contributed by atoms with Gasteiger partial charge in [0.25, 0.3) is 5.91 Å². The molecule has 0 fully saturated rings. The molecular formula is C21H15ClF2N2O2S. The predicted molar refractivity (Wildman–Crippen MR) is 112 cm³/mol. The summed E-state index contributed by atoms with van der Waals surface area (Å²) in [4.78, 5) is 25.0. The van der Waals surface area contributed by atoms with Crippen molar-refractivity contribution in [3.63, 3.8) is 0 Å². The van der Waals surface area contributed by atoms with Crippen molar-refractivity contribution < 1.29 is 18.4 Å². The summed E-state index contributed by atoms with van der Waals surface area (Å²) in [5, 5.41) is 5.30. The van der Waals surface area contributed by atoms with Gasteiger partial charge in [0.1, 0.15) is 11.6 Å². The SMILES string of the molecule is O=C(CSc1ccc(NC(=O)c2ccc(F)cc2)cc1)Nc1ccc(F)c(Cl)c1. The highest BCUT2D eigenvalue weighted by atomic mass is 35.5. The highest BCUT2D eigenvalue weighted by Gasteiger charge is 2.08. The summed E-state index contributed by atoms with van der Waals surface area (Å²) < 4.78 is 26.1. The van der Waals surface area contributed by atoms with Crippen LogP contribution in [0.2, 0.25) is 5.02 Å². The Morgan fingerprint density at radius 2 is 1.52 bits per heavy atom. The van der Waals surface area contributed by atoms with E-state index in [1.807, 2.05) is 0 Å². The fourth-order valence-corrected chi connectivity index (χ4v) is 3.24. The van der Waals surface area contributed by atoms with Gasteiger partial charge in [0.05, 0.1) is 10.8 Å². The van der Waals surface area contributed by atoms with Gasteiger partial charge in [-0.15, -0.1) is 11.8 Å². The molecule has 0 aliphatic rings. The first-order chi connectivity index (χ1) is 13.9. The molecule has 0 aromatic heterocycles. The maximum absolute atomic E-state index is 13.1. The Bertz CT molecular complexity index is 1030. The Kier molecular flexibility index (Phi) is 6.85. The molecule has 0 heterocycles. The van der Waals surface area contributed by atoms with E-state index in [2.05, 4.69) is 10.6 Å². The number of amides is 2. The van der Waals surface area contributed by atoms with Gasteiger partial charge >= 0.3 is 0 Å². The predicted octanol–water partition coefficient (Wildman–Crippen LogP) is 5.60. The third-order valence-corrected chi connectivity index (χ3v) is 5.09. The van der Waals surface area contributed by atoms with Crippen LogP contribution in [-0.4, -0.2) is 17.6 Å². The van der Waals surface area contributed by atoms with Crippen LogP contribution in [0.3, 0.4) is 0 Å². The van der Waals surface area contributed by atoms with E-state index >= 15 is 0 Å². The number of thioether (sulfide) groups is 1. The van der Waals surface area contributed by atoms with Crippen LogP contribution >= 0.6 is 23.4 Å². The van der Waals surface area contributed by atoms with E-state index in [0.717, 1.165) is 4.90 Å². The first kappa shape index (κ1) is 20.8. The fourth-order valence-electron chi connectivity index (χ4n) is 2.36. The number of hydrogen-bond donors (Lipinski definition) is 2. The molecule has 0 aliphatic carbocycles. The van der Waals surface area contributed by atoms with Crippen LogP contribution in [0.4, 0.5) is 20.2 Å². The van der Waals surface area contributed by atoms with Gasteiger partial charge in [-0.3, -0.25) is 9.59 Å². The minimum absolute atomic E-state index is 0.0614. The summed E-state index contributed by atoms with van der Waals surface area (Å²) in [6.45, 7) is 0. The number of nitrogens with one attached hydrogen (secondary N) is 2. The second-order valence-corrected chi connectivity index (χ2v) is 7.41. The summed E-state index contributed by atoms with van der Waals surface area (Å²) in [6.07, 6.45) is 0. The standard InChI is InChI=1S/C21H15ClF2N2O2S/c22-18-11-16(7-10-19(18)24)25-20(27)12-29-17-8-5-15(6-9-17)26-21(28)13-1-3-14(23)4-2-13/h1-11H,12H2,(H,25,27)(H,26,28). The van der Waals surface area contributed by atoms with E-state index in [-0.39, 0.29) is 22.6 Å². The zero-order valence-electron chi connectivity index (χ0n) is 14.9. The minimum atomic E-state index is -0.550. The van der Waals surface area contributed by atoms with Gasteiger partial charge in [-0.25, -0.2) is 8.78 Å². The molecule has 3 aromatic carbocycles. The van der Waals surface area contributed by atoms with Gasteiger partial charge < -0.3 is 10.6 Å². The van der Waals surface area contributed by atoms with Gasteiger partial charge in [-0.05, 0) is 66.7 Å². The summed E-state index contributed by atoms with van der Waals surface area (Å²) in [7, 11) is 0. The van der Waals surface area contributed by atoms with Crippen molar-refractivity contribution >= 4 is 46.6 Å². The smallest absolute Gasteiger partial charge is 0.255 e. The molecule has 29 heavy (non-hydrogen) atoms. The number of carbonyl (C=O) groups is 2. The molecular weight excluding hydrogens is 418 g/mol. The molecule has 0 saturated heterocycles. The Morgan fingerprint density at radius 1 is 0.862 bits per heavy atom. The first-order valence-electron chi connectivity index (χ1n) is 8.45. The Balaban J connectivity index is 1.50. The molecule has 0 saturated carbocycles. The highest BCUT2D eigenvalue weighted by molar-refractivity contribution is 8.00. The van der Waals surface area contributed by atoms with Crippen molar-refractivity contribution in [2.45, 2.75) is 4.90 Å². The van der Waals surface area contributed by atoms with Crippen LogP contribution < -0.4 is 10.6 Å². The maximum Gasteiger partial charge on any atom is 0.255 e. The molecule has 0 bridgehead atoms. The Hall–Kier alpha value is -2.90. The molecule has 0 radical (unpaired) electrons. The normalized spacial score (nSPS) is 10.4. The quantitative estimate of drug-likeness (QED) is 0.498. The lowest BCUT2D eigenvalue weighted by molar-refractivity contribution is -0.113. The van der Waals surface area contributed by atoms with E-state index in [0.29, 0.717) is 16.9 Å². The lowest BCUT2D eigenvalue weighted by Crippen LogP contribution is -2.14. The number of anilines is 2. The van der Waals surface area contributed by atoms with Crippen molar-refractivity contribution in [3.05, 3.63) is 89.0 Å². The van der Waals surface area contributed by atoms with Crippen molar-refractivity contribution in [1.82, 2.24) is 0 Å². The third-order valence-electron chi connectivity index (χ3n) is 3.79. The summed E-state index contributed by atoms with van der Waals surface area (Å²) in [5.74, 6) is -1.41. The highest BCUT2D eigenvalue weighted by Crippen LogP contribution is 2.22. The first-order valence-corrected chi connectivity index (χ1v) is 9.82. The summed E-state index contributed by atoms with van der Waals surface area (Å²) in [5.41, 5.74) is 1.34. The molecule has 0 unspecified atom stereocenters. The molecule has 148 valence electrons. The number of benzene rings is 3. The number of halogens is 3. The Morgan fingerprint density at radius 3 is 2.17 bits per heavy atom. The number of rotatable bonds is 6. The van der Waals surface area contributed by atoms with E-state index in [1.54, 1.807) is 24.3 Å². The maximum atomic E-state index is 13.1. The lowest BCUT2D eigenvalue weighted by atomic mass is 10.2. The van der Waals surface area contributed by atoms with Crippen molar-refractivity contribution in [2.24, 2.45) is 0 Å². The average molecular weight is 433 g/mol. The van der Waals surface area contributed by atoms with Crippen LogP contribution in [0.25, 0.3) is 0 Å². The molecule has 0 aliphatic heterocycles. The average Bonchev–Trinajstić information content (AvgIpc) is 2.71. The van der Waals surface area contributed by atoms with Crippen molar-refractivity contribution in [2.75, 3.05) is 16.4 Å². The molecule has 2 amide bonds. The molecule has 0 spiro atoms. The minimum Gasteiger partial charge on any atom is -0.325 e. The third kappa shape index (κ3) is 6.04. The topological polar surface area (TPSA) is 58.2 Å². The molecule has 8 heteroatoms. The van der Waals surface area contributed by atoms with Gasteiger partial charge in [-0.2, -0.15) is 0 Å². The van der Waals surface area contributed by atoms with Crippen LogP contribution in [0.15, 0.2) is 71.6 Å². The van der Waals surface area contributed by atoms with E-state index in [1.165, 1.54) is 54.2 Å². The van der Waals surface area contributed by atoms with Gasteiger partial charge in [-0.1, -0.05) is 11.6 Å². The van der Waals surface area contributed by atoms with Crippen LogP contribution in [-0.2, 0) is 4.79 Å². The zero-order valence-corrected chi connectivity index (χ0v) is 16.5. The molecule has 4 nitrogen and oxygen atoms in total. The van der Waals surface area contributed by atoms with Crippen molar-refractivity contribution in [1.29, 1.82) is 0 Å². The van der Waals surface area contributed by atoms with E-state index in [4.69, 9.17) is 11.6 Å². The zero-order chi connectivity index (χ0) is 20.8. The summed E-state index contributed by atoms with van der Waals surface area (Å²) >= 11 is 7.00. The van der Waals surface area contributed by atoms with Gasteiger partial charge in [0.2, 0.25) is 5.91 Å². The fraction of sp³-hybridized carbons (Fsp3) is 0.0476. The van der Waals surface area contributed by atoms with E-state index in [9.17, 15) is 18.4 Å². The van der Waals surface area contributed by atoms with Crippen LogP contribution in [0.1, 0.15) is 10.4 Å². The monoisotopic (exact) mass is 432 g/mol. The largest absolute Gasteiger partial charge is 0.325 e. The lowest BCUT2D eigenvalue weighted by Gasteiger charge is -2.08. The Labute approximate surface area is 175 Å². The van der Waals surface area contributed by atoms with Crippen LogP contribution in [0, 0.1) is 11.6 Å². The molecule has 2 N–H and O–H groups in total. The molecule has 3 rings (SSSR count).